The Morgan fingerprint density at radius 3 is 2.47 bits per heavy atom. The third kappa shape index (κ3) is 4.22. The maximum atomic E-state index is 13.2. The summed E-state index contributed by atoms with van der Waals surface area (Å²) in [4.78, 5) is 22.7. The van der Waals surface area contributed by atoms with Crippen LogP contribution in [-0.2, 0) is 9.59 Å². The Morgan fingerprint density at radius 1 is 1.24 bits per heavy atom. The second-order valence-corrected chi connectivity index (χ2v) is 4.04. The molecule has 4 nitrogen and oxygen atoms in total. The lowest BCUT2D eigenvalue weighted by molar-refractivity contribution is -0.136. The summed E-state index contributed by atoms with van der Waals surface area (Å²) in [5.41, 5.74) is -0.00260. The van der Waals surface area contributed by atoms with Crippen molar-refractivity contribution in [2.75, 3.05) is 11.9 Å². The van der Waals surface area contributed by atoms with Gasteiger partial charge in [-0.1, -0.05) is 26.0 Å². The van der Waals surface area contributed by atoms with Gasteiger partial charge in [0.05, 0.1) is 5.69 Å². The van der Waals surface area contributed by atoms with E-state index in [0.29, 0.717) is 6.54 Å². The standard InChI is InChI=1S/C12H15FN2O2/c1-8(2)7-14-11(16)12(17)15-10-6-4-3-5-9(10)13/h3-6,8H,7H2,1-2H3,(H,14,16)(H,15,17). The molecule has 0 aliphatic heterocycles. The minimum Gasteiger partial charge on any atom is -0.348 e. The van der Waals surface area contributed by atoms with Crippen LogP contribution in [0.3, 0.4) is 0 Å². The van der Waals surface area contributed by atoms with Crippen molar-refractivity contribution in [1.29, 1.82) is 0 Å². The molecule has 0 heterocycles. The molecule has 92 valence electrons. The van der Waals surface area contributed by atoms with Crippen LogP contribution in [0.5, 0.6) is 0 Å². The van der Waals surface area contributed by atoms with Crippen molar-refractivity contribution in [1.82, 2.24) is 5.32 Å². The molecule has 1 aromatic rings. The van der Waals surface area contributed by atoms with Crippen LogP contribution in [0, 0.1) is 11.7 Å². The maximum absolute atomic E-state index is 13.2. The molecule has 2 amide bonds. The van der Waals surface area contributed by atoms with Gasteiger partial charge in [0.15, 0.2) is 0 Å². The highest BCUT2D eigenvalue weighted by Crippen LogP contribution is 2.11. The lowest BCUT2D eigenvalue weighted by Gasteiger charge is -2.08. The summed E-state index contributed by atoms with van der Waals surface area (Å²) in [6, 6.07) is 5.68. The number of rotatable bonds is 3. The average Bonchev–Trinajstić information content (AvgIpc) is 2.28. The first kappa shape index (κ1) is 13.2. The second kappa shape index (κ2) is 5.98. The lowest BCUT2D eigenvalue weighted by atomic mass is 10.2. The highest BCUT2D eigenvalue weighted by Gasteiger charge is 2.14. The summed E-state index contributed by atoms with van der Waals surface area (Å²) in [5.74, 6) is -1.95. The van der Waals surface area contributed by atoms with Crippen molar-refractivity contribution < 1.29 is 14.0 Å². The van der Waals surface area contributed by atoms with E-state index in [-0.39, 0.29) is 11.6 Å². The molecule has 0 saturated carbocycles. The van der Waals surface area contributed by atoms with Gasteiger partial charge in [0.2, 0.25) is 0 Å². The second-order valence-electron chi connectivity index (χ2n) is 4.04. The Balaban J connectivity index is 2.55. The monoisotopic (exact) mass is 238 g/mol. The number of para-hydroxylation sites is 1. The minimum absolute atomic E-state index is 0.00260. The Hall–Kier alpha value is -1.91. The van der Waals surface area contributed by atoms with Crippen LogP contribution in [0.1, 0.15) is 13.8 Å². The third-order valence-electron chi connectivity index (χ3n) is 2.00. The zero-order valence-corrected chi connectivity index (χ0v) is 9.79. The number of anilines is 1. The van der Waals surface area contributed by atoms with Gasteiger partial charge >= 0.3 is 11.8 Å². The first-order valence-electron chi connectivity index (χ1n) is 5.34. The Morgan fingerprint density at radius 2 is 1.88 bits per heavy atom. The zero-order valence-electron chi connectivity index (χ0n) is 9.79. The topological polar surface area (TPSA) is 58.2 Å². The van der Waals surface area contributed by atoms with Gasteiger partial charge in [-0.05, 0) is 18.1 Å². The lowest BCUT2D eigenvalue weighted by Crippen LogP contribution is -2.37. The number of hydrogen-bond donors (Lipinski definition) is 2. The van der Waals surface area contributed by atoms with Crippen molar-refractivity contribution in [2.24, 2.45) is 5.92 Å². The molecular formula is C12H15FN2O2. The number of benzene rings is 1. The van der Waals surface area contributed by atoms with E-state index in [1.165, 1.54) is 18.2 Å². The number of nitrogens with one attached hydrogen (secondary N) is 2. The quantitative estimate of drug-likeness (QED) is 0.785. The molecule has 0 radical (unpaired) electrons. The molecule has 1 rings (SSSR count). The SMILES string of the molecule is CC(C)CNC(=O)C(=O)Nc1ccccc1F. The molecule has 0 atom stereocenters. The molecule has 0 unspecified atom stereocenters. The van der Waals surface area contributed by atoms with Gasteiger partial charge in [-0.2, -0.15) is 0 Å². The summed E-state index contributed by atoms with van der Waals surface area (Å²) >= 11 is 0. The summed E-state index contributed by atoms with van der Waals surface area (Å²) in [5, 5.41) is 4.66. The number of carbonyl (C=O) groups is 2. The van der Waals surface area contributed by atoms with Gasteiger partial charge in [0, 0.05) is 6.54 Å². The molecule has 0 aromatic heterocycles. The maximum Gasteiger partial charge on any atom is 0.313 e. The van der Waals surface area contributed by atoms with E-state index in [1.807, 2.05) is 13.8 Å². The van der Waals surface area contributed by atoms with Crippen molar-refractivity contribution in [3.8, 4) is 0 Å². The van der Waals surface area contributed by atoms with Crippen LogP contribution in [0.2, 0.25) is 0 Å². The predicted molar refractivity (Wildman–Crippen MR) is 62.9 cm³/mol. The number of amides is 2. The van der Waals surface area contributed by atoms with E-state index in [4.69, 9.17) is 0 Å². The molecule has 17 heavy (non-hydrogen) atoms. The van der Waals surface area contributed by atoms with E-state index in [2.05, 4.69) is 10.6 Å². The molecule has 0 fully saturated rings. The summed E-state index contributed by atoms with van der Waals surface area (Å²) < 4.78 is 13.2. The first-order chi connectivity index (χ1) is 8.00. The Bertz CT molecular complexity index is 419. The molecule has 0 aliphatic carbocycles. The van der Waals surface area contributed by atoms with Gasteiger partial charge < -0.3 is 10.6 Å². The largest absolute Gasteiger partial charge is 0.348 e. The smallest absolute Gasteiger partial charge is 0.313 e. The van der Waals surface area contributed by atoms with E-state index < -0.39 is 17.6 Å². The van der Waals surface area contributed by atoms with Gasteiger partial charge in [0.25, 0.3) is 0 Å². The molecule has 0 spiro atoms. The molecule has 0 bridgehead atoms. The number of carbonyl (C=O) groups excluding carboxylic acids is 2. The fourth-order valence-corrected chi connectivity index (χ4v) is 1.12. The van der Waals surface area contributed by atoms with E-state index in [0.717, 1.165) is 0 Å². The Kier molecular flexibility index (Phi) is 4.63. The van der Waals surface area contributed by atoms with Gasteiger partial charge in [0.1, 0.15) is 5.82 Å². The summed E-state index contributed by atoms with van der Waals surface area (Å²) in [7, 11) is 0. The summed E-state index contributed by atoms with van der Waals surface area (Å²) in [6.07, 6.45) is 0. The molecule has 2 N–H and O–H groups in total. The van der Waals surface area contributed by atoms with Gasteiger partial charge in [-0.3, -0.25) is 9.59 Å². The van der Waals surface area contributed by atoms with Crippen LogP contribution in [0.15, 0.2) is 24.3 Å². The normalized spacial score (nSPS) is 10.1. The average molecular weight is 238 g/mol. The highest BCUT2D eigenvalue weighted by molar-refractivity contribution is 6.39. The van der Waals surface area contributed by atoms with E-state index >= 15 is 0 Å². The number of hydrogen-bond acceptors (Lipinski definition) is 2. The van der Waals surface area contributed by atoms with Crippen LogP contribution in [-0.4, -0.2) is 18.4 Å². The van der Waals surface area contributed by atoms with Crippen molar-refractivity contribution in [3.63, 3.8) is 0 Å². The van der Waals surface area contributed by atoms with Crippen molar-refractivity contribution in [3.05, 3.63) is 30.1 Å². The van der Waals surface area contributed by atoms with Crippen molar-refractivity contribution in [2.45, 2.75) is 13.8 Å². The fraction of sp³-hybridized carbons (Fsp3) is 0.333. The molecule has 0 saturated heterocycles. The Labute approximate surface area is 99.2 Å². The van der Waals surface area contributed by atoms with E-state index in [9.17, 15) is 14.0 Å². The number of halogens is 1. The first-order valence-corrected chi connectivity index (χ1v) is 5.34. The molecule has 1 aromatic carbocycles. The van der Waals surface area contributed by atoms with Gasteiger partial charge in [-0.25, -0.2) is 4.39 Å². The highest BCUT2D eigenvalue weighted by atomic mass is 19.1. The third-order valence-corrected chi connectivity index (χ3v) is 2.00. The predicted octanol–water partition coefficient (Wildman–Crippen LogP) is 1.54. The van der Waals surface area contributed by atoms with Crippen LogP contribution in [0.4, 0.5) is 10.1 Å². The minimum atomic E-state index is -0.865. The molecular weight excluding hydrogens is 223 g/mol. The molecule has 0 aliphatic rings. The summed E-state index contributed by atoms with van der Waals surface area (Å²) in [6.45, 7) is 4.23. The van der Waals surface area contributed by atoms with Crippen LogP contribution >= 0.6 is 0 Å². The van der Waals surface area contributed by atoms with E-state index in [1.54, 1.807) is 6.07 Å². The molecule has 5 heteroatoms. The van der Waals surface area contributed by atoms with Gasteiger partial charge in [-0.15, -0.1) is 0 Å². The van der Waals surface area contributed by atoms with Crippen LogP contribution in [0.25, 0.3) is 0 Å². The van der Waals surface area contributed by atoms with Crippen molar-refractivity contribution >= 4 is 17.5 Å². The fourth-order valence-electron chi connectivity index (χ4n) is 1.12. The van der Waals surface area contributed by atoms with Crippen LogP contribution < -0.4 is 10.6 Å². The zero-order chi connectivity index (χ0) is 12.8.